The van der Waals surface area contributed by atoms with E-state index in [9.17, 15) is 0 Å². The third kappa shape index (κ3) is 2.92. The van der Waals surface area contributed by atoms with E-state index in [0.29, 0.717) is 0 Å². The summed E-state index contributed by atoms with van der Waals surface area (Å²) in [5, 5.41) is 1.32. The minimum Gasteiger partial charge on any atom is -0.496 e. The zero-order valence-corrected chi connectivity index (χ0v) is 14.8. The molecule has 0 fully saturated rings. The number of nitrogens with one attached hydrogen (secondary N) is 1. The van der Waals surface area contributed by atoms with Gasteiger partial charge in [-0.15, -0.1) is 0 Å². The van der Waals surface area contributed by atoms with Crippen molar-refractivity contribution in [3.8, 4) is 17.0 Å². The Balaban J connectivity index is 2.21. The average Bonchev–Trinajstić information content (AvgIpc) is 2.97. The molecule has 0 aliphatic carbocycles. The van der Waals surface area contributed by atoms with Crippen LogP contribution < -0.4 is 10.5 Å². The topological polar surface area (TPSA) is 51.0 Å². The number of nitrogens with two attached hydrogens (primary N) is 1. The van der Waals surface area contributed by atoms with Crippen LogP contribution in [0.2, 0.25) is 0 Å². The predicted molar refractivity (Wildman–Crippen MR) is 102 cm³/mol. The Hall–Kier alpha value is -2.26. The Morgan fingerprint density at radius 3 is 2.58 bits per heavy atom. The molecule has 0 amide bonds. The molecule has 126 valence electrons. The Kier molecular flexibility index (Phi) is 4.91. The highest BCUT2D eigenvalue weighted by atomic mass is 16.5. The number of rotatable bonds is 6. The van der Waals surface area contributed by atoms with E-state index in [1.54, 1.807) is 7.11 Å². The van der Waals surface area contributed by atoms with Gasteiger partial charge in [-0.3, -0.25) is 0 Å². The zero-order chi connectivity index (χ0) is 17.1. The molecule has 3 N–H and O–H groups in total. The number of hydrogen-bond acceptors (Lipinski definition) is 2. The lowest BCUT2D eigenvalue weighted by Crippen LogP contribution is -1.99. The summed E-state index contributed by atoms with van der Waals surface area (Å²) < 4.78 is 5.59. The van der Waals surface area contributed by atoms with E-state index in [1.165, 1.54) is 33.3 Å². The second-order valence-corrected chi connectivity index (χ2v) is 6.35. The summed E-state index contributed by atoms with van der Waals surface area (Å²) in [5.41, 5.74) is 13.2. The number of hydrogen-bond donors (Lipinski definition) is 2. The van der Waals surface area contributed by atoms with Crippen molar-refractivity contribution in [3.05, 3.63) is 53.1 Å². The fourth-order valence-electron chi connectivity index (χ4n) is 3.35. The molecule has 0 bridgehead atoms. The minimum atomic E-state index is 0.741. The minimum absolute atomic E-state index is 0.741. The van der Waals surface area contributed by atoms with E-state index in [0.717, 1.165) is 37.1 Å². The monoisotopic (exact) mass is 322 g/mol. The molecule has 3 aromatic rings. The Bertz CT molecular complexity index is 848. The lowest BCUT2D eigenvalue weighted by Gasteiger charge is -2.09. The van der Waals surface area contributed by atoms with E-state index in [-0.39, 0.29) is 0 Å². The standard InChI is InChI=1S/C21H26N2O/c1-14-11-12-17-16(8-6-7-13-22)21(23-20(17)15(14)2)18-9-4-5-10-19(18)24-3/h4-5,9-12,23H,6-8,13,22H2,1-3H3. The van der Waals surface area contributed by atoms with Crippen molar-refractivity contribution >= 4 is 10.9 Å². The van der Waals surface area contributed by atoms with Crippen LogP contribution in [0.3, 0.4) is 0 Å². The van der Waals surface area contributed by atoms with Crippen LogP contribution in [-0.2, 0) is 6.42 Å². The van der Waals surface area contributed by atoms with Gasteiger partial charge in [-0.25, -0.2) is 0 Å². The van der Waals surface area contributed by atoms with Gasteiger partial charge in [0.05, 0.1) is 12.8 Å². The van der Waals surface area contributed by atoms with Crippen LogP contribution in [-0.4, -0.2) is 18.6 Å². The second kappa shape index (κ2) is 7.10. The van der Waals surface area contributed by atoms with Crippen LogP contribution in [0.5, 0.6) is 5.75 Å². The highest BCUT2D eigenvalue weighted by molar-refractivity contribution is 5.94. The number of H-pyrrole nitrogens is 1. The van der Waals surface area contributed by atoms with E-state index in [2.05, 4.69) is 43.1 Å². The summed E-state index contributed by atoms with van der Waals surface area (Å²) in [4.78, 5) is 3.68. The predicted octanol–water partition coefficient (Wildman–Crippen LogP) is 4.74. The lowest BCUT2D eigenvalue weighted by atomic mass is 9.98. The molecule has 1 heterocycles. The van der Waals surface area contributed by atoms with E-state index in [1.807, 2.05) is 12.1 Å². The van der Waals surface area contributed by atoms with Gasteiger partial charge >= 0.3 is 0 Å². The Morgan fingerprint density at radius 1 is 1.04 bits per heavy atom. The highest BCUT2D eigenvalue weighted by Gasteiger charge is 2.17. The van der Waals surface area contributed by atoms with Crippen molar-refractivity contribution in [2.24, 2.45) is 5.73 Å². The number of fused-ring (bicyclic) bond motifs is 1. The number of ether oxygens (including phenoxy) is 1. The van der Waals surface area contributed by atoms with Crippen molar-refractivity contribution in [2.45, 2.75) is 33.1 Å². The number of unbranched alkanes of at least 4 members (excludes halogenated alkanes) is 1. The molecule has 1 aromatic heterocycles. The summed E-state index contributed by atoms with van der Waals surface area (Å²) in [6.45, 7) is 5.08. The first-order chi connectivity index (χ1) is 11.7. The van der Waals surface area contributed by atoms with E-state index < -0.39 is 0 Å². The van der Waals surface area contributed by atoms with Crippen LogP contribution in [0.25, 0.3) is 22.2 Å². The number of aryl methyl sites for hydroxylation is 3. The lowest BCUT2D eigenvalue weighted by molar-refractivity contribution is 0.416. The molecular weight excluding hydrogens is 296 g/mol. The molecule has 2 aromatic carbocycles. The molecule has 0 aliphatic heterocycles. The van der Waals surface area contributed by atoms with Crippen molar-refractivity contribution in [2.75, 3.05) is 13.7 Å². The van der Waals surface area contributed by atoms with Gasteiger partial charge in [0.25, 0.3) is 0 Å². The summed E-state index contributed by atoms with van der Waals surface area (Å²) in [5.74, 6) is 0.901. The Labute approximate surface area is 143 Å². The summed E-state index contributed by atoms with van der Waals surface area (Å²) >= 11 is 0. The van der Waals surface area contributed by atoms with Crippen molar-refractivity contribution in [1.29, 1.82) is 0 Å². The van der Waals surface area contributed by atoms with Gasteiger partial charge < -0.3 is 15.5 Å². The molecule has 3 nitrogen and oxygen atoms in total. The highest BCUT2D eigenvalue weighted by Crippen LogP contribution is 2.37. The molecule has 3 rings (SSSR count). The number of aromatic amines is 1. The molecule has 0 radical (unpaired) electrons. The number of methoxy groups -OCH3 is 1. The first-order valence-electron chi connectivity index (χ1n) is 8.61. The zero-order valence-electron chi connectivity index (χ0n) is 14.8. The number of aromatic nitrogens is 1. The van der Waals surface area contributed by atoms with Gasteiger partial charge in [0.2, 0.25) is 0 Å². The molecule has 3 heteroatoms. The van der Waals surface area contributed by atoms with Gasteiger partial charge in [-0.1, -0.05) is 24.3 Å². The van der Waals surface area contributed by atoms with Crippen molar-refractivity contribution in [3.63, 3.8) is 0 Å². The van der Waals surface area contributed by atoms with Gasteiger partial charge in [0.1, 0.15) is 5.75 Å². The normalized spacial score (nSPS) is 11.2. The average molecular weight is 322 g/mol. The SMILES string of the molecule is COc1ccccc1-c1[nH]c2c(C)c(C)ccc2c1CCCCN. The van der Waals surface area contributed by atoms with E-state index in [4.69, 9.17) is 10.5 Å². The second-order valence-electron chi connectivity index (χ2n) is 6.35. The quantitative estimate of drug-likeness (QED) is 0.644. The summed E-state index contributed by atoms with van der Waals surface area (Å²) in [6.07, 6.45) is 3.16. The summed E-state index contributed by atoms with van der Waals surface area (Å²) in [7, 11) is 1.73. The van der Waals surface area contributed by atoms with Gasteiger partial charge in [0.15, 0.2) is 0 Å². The molecule has 0 saturated carbocycles. The fraction of sp³-hybridized carbons (Fsp3) is 0.333. The smallest absolute Gasteiger partial charge is 0.128 e. The molecule has 0 spiro atoms. The molecule has 24 heavy (non-hydrogen) atoms. The number of benzene rings is 2. The van der Waals surface area contributed by atoms with Gasteiger partial charge in [-0.05, 0) is 68.5 Å². The molecular formula is C21H26N2O. The van der Waals surface area contributed by atoms with Crippen LogP contribution in [0, 0.1) is 13.8 Å². The Morgan fingerprint density at radius 2 is 1.83 bits per heavy atom. The maximum absolute atomic E-state index is 5.69. The van der Waals surface area contributed by atoms with Crippen LogP contribution in [0.4, 0.5) is 0 Å². The summed E-state index contributed by atoms with van der Waals surface area (Å²) in [6, 6.07) is 12.7. The maximum atomic E-state index is 5.69. The third-order valence-corrected chi connectivity index (χ3v) is 4.87. The van der Waals surface area contributed by atoms with E-state index >= 15 is 0 Å². The fourth-order valence-corrected chi connectivity index (χ4v) is 3.35. The maximum Gasteiger partial charge on any atom is 0.128 e. The largest absolute Gasteiger partial charge is 0.496 e. The van der Waals surface area contributed by atoms with Gasteiger partial charge in [-0.2, -0.15) is 0 Å². The van der Waals surface area contributed by atoms with Gasteiger partial charge in [0, 0.05) is 16.5 Å². The number of para-hydroxylation sites is 1. The molecule has 0 atom stereocenters. The molecule has 0 unspecified atom stereocenters. The first kappa shape index (κ1) is 16.6. The third-order valence-electron chi connectivity index (χ3n) is 4.87. The molecule has 0 aliphatic rings. The van der Waals surface area contributed by atoms with Crippen molar-refractivity contribution < 1.29 is 4.74 Å². The molecule has 0 saturated heterocycles. The first-order valence-corrected chi connectivity index (χ1v) is 8.61. The van der Waals surface area contributed by atoms with Crippen LogP contribution in [0.15, 0.2) is 36.4 Å². The van der Waals surface area contributed by atoms with Crippen molar-refractivity contribution in [1.82, 2.24) is 4.98 Å². The van der Waals surface area contributed by atoms with Crippen LogP contribution >= 0.6 is 0 Å². The van der Waals surface area contributed by atoms with Crippen LogP contribution in [0.1, 0.15) is 29.5 Å².